The fraction of sp³-hybridized carbons (Fsp3) is 0.400. The zero-order valence-electron chi connectivity index (χ0n) is 17.9. The average molecular weight is 488 g/mol. The Labute approximate surface area is 191 Å². The topological polar surface area (TPSA) is 146 Å². The van der Waals surface area contributed by atoms with E-state index in [9.17, 15) is 18.0 Å². The minimum atomic E-state index is -3.84. The molecular weight excluding hydrogens is 462 g/mol. The van der Waals surface area contributed by atoms with Gasteiger partial charge in [-0.15, -0.1) is 0 Å². The van der Waals surface area contributed by atoms with Crippen LogP contribution in [0.3, 0.4) is 0 Å². The summed E-state index contributed by atoms with van der Waals surface area (Å²) in [6, 6.07) is 6.84. The first-order valence-corrected chi connectivity index (χ1v) is 11.6. The summed E-state index contributed by atoms with van der Waals surface area (Å²) in [7, 11) is -2.60. The maximum absolute atomic E-state index is 13.0. The van der Waals surface area contributed by atoms with Gasteiger partial charge in [0.25, 0.3) is 10.2 Å². The van der Waals surface area contributed by atoms with Gasteiger partial charge in [0.1, 0.15) is 0 Å². The first kappa shape index (κ1) is 25.8. The molecule has 32 heavy (non-hydrogen) atoms. The number of nitrogens with one attached hydrogen (secondary N) is 2. The maximum atomic E-state index is 13.0. The van der Waals surface area contributed by atoms with E-state index in [-0.39, 0.29) is 37.5 Å². The third-order valence-electron chi connectivity index (χ3n) is 4.56. The molecule has 4 N–H and O–H groups in total. The number of dihydropyridines is 1. The molecule has 1 aliphatic heterocycles. The molecule has 0 bridgehead atoms. The van der Waals surface area contributed by atoms with Crippen LogP contribution in [0.15, 0.2) is 46.8 Å². The number of carbonyl (C=O) groups excluding carboxylic acids is 2. The Morgan fingerprint density at radius 2 is 1.91 bits per heavy atom. The van der Waals surface area contributed by atoms with Crippen LogP contribution < -0.4 is 15.2 Å². The molecule has 0 aromatic heterocycles. The highest BCUT2D eigenvalue weighted by molar-refractivity contribution is 7.87. The van der Waals surface area contributed by atoms with Crippen molar-refractivity contribution >= 4 is 33.7 Å². The molecule has 0 spiro atoms. The SMILES string of the molecule is CCOC(=O)C1=C(COCCNS(N)(=O)=O)NC(C)=C(C(=O)OC)C1c1ccccc1Cl. The van der Waals surface area contributed by atoms with Gasteiger partial charge in [-0.2, -0.15) is 8.42 Å². The van der Waals surface area contributed by atoms with E-state index in [0.29, 0.717) is 22.0 Å². The van der Waals surface area contributed by atoms with Gasteiger partial charge in [-0.1, -0.05) is 29.8 Å². The Hall–Kier alpha value is -2.44. The Morgan fingerprint density at radius 3 is 2.50 bits per heavy atom. The number of carbonyl (C=O) groups is 2. The molecule has 0 fully saturated rings. The second-order valence-electron chi connectivity index (χ2n) is 6.71. The molecular formula is C20H26ClN3O7S. The third kappa shape index (κ3) is 6.53. The lowest BCUT2D eigenvalue weighted by molar-refractivity contribution is -0.139. The Morgan fingerprint density at radius 1 is 1.22 bits per heavy atom. The van der Waals surface area contributed by atoms with Crippen LogP contribution in [0.25, 0.3) is 0 Å². The molecule has 0 aliphatic carbocycles. The molecule has 0 saturated carbocycles. The van der Waals surface area contributed by atoms with E-state index in [1.165, 1.54) is 7.11 Å². The highest BCUT2D eigenvalue weighted by Gasteiger charge is 2.39. The van der Waals surface area contributed by atoms with Crippen molar-refractivity contribution in [3.05, 3.63) is 57.4 Å². The molecule has 1 atom stereocenters. The molecule has 1 unspecified atom stereocenters. The predicted octanol–water partition coefficient (Wildman–Crippen LogP) is 1.10. The van der Waals surface area contributed by atoms with Gasteiger partial charge in [0, 0.05) is 17.3 Å². The molecule has 0 saturated heterocycles. The zero-order chi connectivity index (χ0) is 23.9. The average Bonchev–Trinajstić information content (AvgIpc) is 2.72. The molecule has 1 aromatic carbocycles. The van der Waals surface area contributed by atoms with Crippen molar-refractivity contribution in [2.75, 3.05) is 33.5 Å². The van der Waals surface area contributed by atoms with Crippen LogP contribution in [-0.2, 0) is 34.0 Å². The fourth-order valence-corrected chi connectivity index (χ4v) is 3.90. The fourth-order valence-electron chi connectivity index (χ4n) is 3.29. The molecule has 176 valence electrons. The van der Waals surface area contributed by atoms with Gasteiger partial charge < -0.3 is 19.5 Å². The quantitative estimate of drug-likeness (QED) is 0.328. The van der Waals surface area contributed by atoms with E-state index < -0.39 is 28.1 Å². The molecule has 12 heteroatoms. The summed E-state index contributed by atoms with van der Waals surface area (Å²) in [5, 5.41) is 8.27. The number of ether oxygens (including phenoxy) is 3. The molecule has 1 heterocycles. The lowest BCUT2D eigenvalue weighted by Gasteiger charge is -2.31. The molecule has 0 radical (unpaired) electrons. The van der Waals surface area contributed by atoms with Crippen LogP contribution in [0.5, 0.6) is 0 Å². The summed E-state index contributed by atoms with van der Waals surface area (Å²) in [6.45, 7) is 3.28. The number of rotatable bonds is 10. The van der Waals surface area contributed by atoms with Crippen molar-refractivity contribution in [2.24, 2.45) is 5.14 Å². The smallest absolute Gasteiger partial charge is 0.336 e. The van der Waals surface area contributed by atoms with Gasteiger partial charge in [-0.3, -0.25) is 0 Å². The summed E-state index contributed by atoms with van der Waals surface area (Å²) in [5.74, 6) is -2.14. The summed E-state index contributed by atoms with van der Waals surface area (Å²) < 4.78 is 39.8. The van der Waals surface area contributed by atoms with Crippen molar-refractivity contribution < 1.29 is 32.2 Å². The molecule has 0 amide bonds. The van der Waals surface area contributed by atoms with Crippen LogP contribution in [0, 0.1) is 0 Å². The first-order chi connectivity index (χ1) is 15.1. The number of halogens is 1. The van der Waals surface area contributed by atoms with Gasteiger partial charge in [-0.25, -0.2) is 19.5 Å². The van der Waals surface area contributed by atoms with Crippen LogP contribution in [0.4, 0.5) is 0 Å². The van der Waals surface area contributed by atoms with E-state index >= 15 is 0 Å². The number of hydrogen-bond acceptors (Lipinski definition) is 8. The van der Waals surface area contributed by atoms with Gasteiger partial charge >= 0.3 is 11.9 Å². The van der Waals surface area contributed by atoms with Crippen molar-refractivity contribution in [3.8, 4) is 0 Å². The summed E-state index contributed by atoms with van der Waals surface area (Å²) >= 11 is 6.42. The van der Waals surface area contributed by atoms with E-state index in [1.807, 2.05) is 0 Å². The Balaban J connectivity index is 2.49. The lowest BCUT2D eigenvalue weighted by Crippen LogP contribution is -2.36. The zero-order valence-corrected chi connectivity index (χ0v) is 19.5. The van der Waals surface area contributed by atoms with Crippen LogP contribution >= 0.6 is 11.6 Å². The van der Waals surface area contributed by atoms with Crippen LogP contribution in [0.1, 0.15) is 25.3 Å². The maximum Gasteiger partial charge on any atom is 0.336 e. The number of esters is 2. The standard InChI is InChI=1S/C20H26ClN3O7S/c1-4-31-20(26)18-15(11-30-10-9-23-32(22,27)28)24-12(2)16(19(25)29-3)17(18)13-7-5-6-8-14(13)21/h5-8,17,23-24H,4,9-11H2,1-3H3,(H2,22,27,28). The van der Waals surface area contributed by atoms with E-state index in [1.54, 1.807) is 38.1 Å². The molecule has 10 nitrogen and oxygen atoms in total. The van der Waals surface area contributed by atoms with Gasteiger partial charge in [0.15, 0.2) is 0 Å². The monoisotopic (exact) mass is 487 g/mol. The minimum Gasteiger partial charge on any atom is -0.466 e. The van der Waals surface area contributed by atoms with Crippen molar-refractivity contribution in [1.82, 2.24) is 10.0 Å². The number of benzene rings is 1. The van der Waals surface area contributed by atoms with E-state index in [0.717, 1.165) is 0 Å². The second kappa shape index (κ2) is 11.4. The number of methoxy groups -OCH3 is 1. The van der Waals surface area contributed by atoms with E-state index in [2.05, 4.69) is 10.0 Å². The number of hydrogen-bond donors (Lipinski definition) is 3. The van der Waals surface area contributed by atoms with Crippen molar-refractivity contribution in [3.63, 3.8) is 0 Å². The summed E-state index contributed by atoms with van der Waals surface area (Å²) in [5.41, 5.74) is 1.69. The number of nitrogens with two attached hydrogens (primary N) is 1. The van der Waals surface area contributed by atoms with Crippen LogP contribution in [-0.4, -0.2) is 53.8 Å². The van der Waals surface area contributed by atoms with Gasteiger partial charge in [-0.05, 0) is 25.5 Å². The first-order valence-electron chi connectivity index (χ1n) is 9.66. The van der Waals surface area contributed by atoms with Crippen molar-refractivity contribution in [1.29, 1.82) is 0 Å². The normalized spacial score (nSPS) is 16.6. The Kier molecular flexibility index (Phi) is 9.22. The molecule has 2 rings (SSSR count). The second-order valence-corrected chi connectivity index (χ2v) is 8.50. The van der Waals surface area contributed by atoms with Crippen LogP contribution in [0.2, 0.25) is 5.02 Å². The predicted molar refractivity (Wildman–Crippen MR) is 118 cm³/mol. The highest BCUT2D eigenvalue weighted by Crippen LogP contribution is 2.41. The van der Waals surface area contributed by atoms with Gasteiger partial charge in [0.2, 0.25) is 0 Å². The highest BCUT2D eigenvalue weighted by atomic mass is 35.5. The minimum absolute atomic E-state index is 0.0128. The Bertz CT molecular complexity index is 1040. The van der Waals surface area contributed by atoms with E-state index in [4.69, 9.17) is 31.0 Å². The summed E-state index contributed by atoms with van der Waals surface area (Å²) in [4.78, 5) is 25.6. The third-order valence-corrected chi connectivity index (χ3v) is 5.51. The summed E-state index contributed by atoms with van der Waals surface area (Å²) in [6.07, 6.45) is 0. The lowest BCUT2D eigenvalue weighted by atomic mass is 9.80. The largest absolute Gasteiger partial charge is 0.466 e. The molecule has 1 aromatic rings. The van der Waals surface area contributed by atoms with Crippen molar-refractivity contribution in [2.45, 2.75) is 19.8 Å². The van der Waals surface area contributed by atoms with Gasteiger partial charge in [0.05, 0.1) is 49.7 Å². The molecule has 1 aliphatic rings. The number of allylic oxidation sites excluding steroid dienone is 1.